The summed E-state index contributed by atoms with van der Waals surface area (Å²) in [5.41, 5.74) is -0.489. The molecular weight excluding hydrogens is 162 g/mol. The number of ether oxygens (including phenoxy) is 1. The minimum absolute atomic E-state index is 0.218. The molecule has 2 aromatic heterocycles. The van der Waals surface area contributed by atoms with Gasteiger partial charge in [-0.15, -0.1) is 0 Å². The Hall–Kier alpha value is -1.91. The molecule has 12 heavy (non-hydrogen) atoms. The van der Waals surface area contributed by atoms with Crippen molar-refractivity contribution in [3.63, 3.8) is 0 Å². The average molecular weight is 167 g/mol. The molecule has 0 bridgehead atoms. The molecule has 0 radical (unpaired) electrons. The summed E-state index contributed by atoms with van der Waals surface area (Å²) in [6, 6.07) is 4.47. The van der Waals surface area contributed by atoms with Gasteiger partial charge in [-0.05, 0) is 6.07 Å². The van der Waals surface area contributed by atoms with Gasteiger partial charge in [0.05, 0.1) is 12.3 Å². The lowest BCUT2D eigenvalue weighted by Gasteiger charge is -1.93. The highest BCUT2D eigenvalue weighted by molar-refractivity contribution is 5.13. The van der Waals surface area contributed by atoms with Crippen molar-refractivity contribution in [3.05, 3.63) is 34.9 Å². The lowest BCUT2D eigenvalue weighted by atomic mass is 10.6. The number of rotatable bonds is 2. The van der Waals surface area contributed by atoms with E-state index >= 15 is 0 Å². The fourth-order valence-corrected chi connectivity index (χ4v) is 0.747. The number of hydrogen-bond donors (Lipinski definition) is 1. The topological polar surface area (TPSA) is 68.4 Å². The third-order valence-corrected chi connectivity index (χ3v) is 1.21. The van der Waals surface area contributed by atoms with Gasteiger partial charge in [0, 0.05) is 6.07 Å². The van der Waals surface area contributed by atoms with Crippen molar-refractivity contribution in [2.75, 3.05) is 0 Å². The zero-order chi connectivity index (χ0) is 8.39. The van der Waals surface area contributed by atoms with Crippen LogP contribution in [-0.4, -0.2) is 5.16 Å². The smallest absolute Gasteiger partial charge is 0.361 e. The van der Waals surface area contributed by atoms with Crippen molar-refractivity contribution in [1.29, 1.82) is 0 Å². The fourth-order valence-electron chi connectivity index (χ4n) is 0.747. The van der Waals surface area contributed by atoms with Crippen LogP contribution in [0.25, 0.3) is 0 Å². The van der Waals surface area contributed by atoms with E-state index < -0.39 is 5.63 Å². The molecule has 0 saturated heterocycles. The Morgan fingerprint density at radius 1 is 1.50 bits per heavy atom. The van der Waals surface area contributed by atoms with Gasteiger partial charge >= 0.3 is 5.63 Å². The monoisotopic (exact) mass is 167 g/mol. The molecule has 0 aliphatic rings. The van der Waals surface area contributed by atoms with Crippen LogP contribution in [0.1, 0.15) is 0 Å². The Morgan fingerprint density at radius 3 is 3.00 bits per heavy atom. The van der Waals surface area contributed by atoms with Gasteiger partial charge < -0.3 is 13.7 Å². The van der Waals surface area contributed by atoms with Crippen molar-refractivity contribution in [2.45, 2.75) is 0 Å². The van der Waals surface area contributed by atoms with E-state index in [4.69, 9.17) is 9.15 Å². The summed E-state index contributed by atoms with van der Waals surface area (Å²) in [7, 11) is 0. The maximum Gasteiger partial charge on any atom is 0.361 e. The van der Waals surface area contributed by atoms with E-state index in [2.05, 4.69) is 9.68 Å². The molecule has 0 fully saturated rings. The van der Waals surface area contributed by atoms with E-state index in [-0.39, 0.29) is 5.88 Å². The highest BCUT2D eigenvalue weighted by atomic mass is 16.6. The normalized spacial score (nSPS) is 10.0. The van der Waals surface area contributed by atoms with Gasteiger partial charge in [0.15, 0.2) is 0 Å². The van der Waals surface area contributed by atoms with Crippen molar-refractivity contribution in [2.24, 2.45) is 0 Å². The molecule has 0 atom stereocenters. The SMILES string of the molecule is O=c1cc(Oc2ccco2)[nH]o1. The Morgan fingerprint density at radius 2 is 2.42 bits per heavy atom. The lowest BCUT2D eigenvalue weighted by Crippen LogP contribution is -1.85. The fraction of sp³-hybridized carbons (Fsp3) is 0. The zero-order valence-electron chi connectivity index (χ0n) is 5.94. The summed E-state index contributed by atoms with van der Waals surface area (Å²) in [6.45, 7) is 0. The molecular formula is C7H5NO4. The highest BCUT2D eigenvalue weighted by Crippen LogP contribution is 2.17. The highest BCUT2D eigenvalue weighted by Gasteiger charge is 2.01. The molecule has 62 valence electrons. The van der Waals surface area contributed by atoms with Crippen molar-refractivity contribution < 1.29 is 13.7 Å². The van der Waals surface area contributed by atoms with Gasteiger partial charge in [-0.3, -0.25) is 0 Å². The van der Waals surface area contributed by atoms with Crippen LogP contribution in [0.4, 0.5) is 0 Å². The van der Waals surface area contributed by atoms with Crippen LogP contribution in [0.2, 0.25) is 0 Å². The number of nitrogens with one attached hydrogen (secondary N) is 1. The zero-order valence-corrected chi connectivity index (χ0v) is 5.94. The molecule has 0 amide bonds. The molecule has 0 aliphatic carbocycles. The summed E-state index contributed by atoms with van der Waals surface area (Å²) in [4.78, 5) is 10.5. The van der Waals surface area contributed by atoms with E-state index in [0.717, 1.165) is 0 Å². The summed E-state index contributed by atoms with van der Waals surface area (Å²) < 4.78 is 14.2. The Kier molecular flexibility index (Phi) is 1.48. The second kappa shape index (κ2) is 2.61. The van der Waals surface area contributed by atoms with Crippen LogP contribution in [0.3, 0.4) is 0 Å². The van der Waals surface area contributed by atoms with Gasteiger partial charge in [-0.1, -0.05) is 0 Å². The first-order valence-corrected chi connectivity index (χ1v) is 3.24. The minimum Gasteiger partial charge on any atom is -0.434 e. The standard InChI is InChI=1S/C7H5NO4/c9-6-4-5(8-12-6)11-7-2-1-3-10-7/h1-4,8H. The Bertz CT molecular complexity index is 397. The van der Waals surface area contributed by atoms with Gasteiger partial charge in [0.1, 0.15) is 0 Å². The van der Waals surface area contributed by atoms with E-state index in [1.165, 1.54) is 12.3 Å². The molecule has 2 heterocycles. The number of aromatic amines is 1. The maximum absolute atomic E-state index is 10.5. The Balaban J connectivity index is 2.19. The maximum atomic E-state index is 10.5. The summed E-state index contributed by atoms with van der Waals surface area (Å²) in [5.74, 6) is 0.516. The number of aromatic nitrogens is 1. The molecule has 5 heteroatoms. The van der Waals surface area contributed by atoms with Crippen LogP contribution in [0, 0.1) is 0 Å². The number of H-pyrrole nitrogens is 1. The predicted octanol–water partition coefficient (Wildman–Crippen LogP) is 1.35. The summed E-state index contributed by atoms with van der Waals surface area (Å²) in [6.07, 6.45) is 1.47. The predicted molar refractivity (Wildman–Crippen MR) is 38.1 cm³/mol. The van der Waals surface area contributed by atoms with Crippen molar-refractivity contribution >= 4 is 0 Å². The molecule has 0 saturated carbocycles. The first kappa shape index (κ1) is 6.78. The van der Waals surface area contributed by atoms with Crippen LogP contribution >= 0.6 is 0 Å². The first-order chi connectivity index (χ1) is 5.84. The molecule has 0 spiro atoms. The number of hydrogen-bond acceptors (Lipinski definition) is 4. The Labute approximate surface area is 66.5 Å². The molecule has 1 N–H and O–H groups in total. The van der Waals surface area contributed by atoms with Gasteiger partial charge in [0.25, 0.3) is 5.95 Å². The third-order valence-electron chi connectivity index (χ3n) is 1.21. The minimum atomic E-state index is -0.489. The largest absolute Gasteiger partial charge is 0.434 e. The molecule has 0 aliphatic heterocycles. The quantitative estimate of drug-likeness (QED) is 0.732. The first-order valence-electron chi connectivity index (χ1n) is 3.24. The second-order valence-corrected chi connectivity index (χ2v) is 2.07. The molecule has 0 aromatic carbocycles. The summed E-state index contributed by atoms with van der Waals surface area (Å²) in [5, 5.41) is 2.27. The third kappa shape index (κ3) is 1.24. The number of furan rings is 1. The van der Waals surface area contributed by atoms with Crippen molar-refractivity contribution in [3.8, 4) is 11.8 Å². The lowest BCUT2D eigenvalue weighted by molar-refractivity contribution is 0.305. The van der Waals surface area contributed by atoms with E-state index in [1.54, 1.807) is 12.1 Å². The average Bonchev–Trinajstić information content (AvgIpc) is 2.63. The van der Waals surface area contributed by atoms with Crippen LogP contribution in [0.5, 0.6) is 11.8 Å². The van der Waals surface area contributed by atoms with Crippen LogP contribution in [-0.2, 0) is 0 Å². The van der Waals surface area contributed by atoms with Gasteiger partial charge in [-0.2, -0.15) is 5.16 Å². The molecule has 0 unspecified atom stereocenters. The van der Waals surface area contributed by atoms with E-state index in [9.17, 15) is 4.79 Å². The molecule has 2 rings (SSSR count). The molecule has 2 aromatic rings. The molecule has 5 nitrogen and oxygen atoms in total. The van der Waals surface area contributed by atoms with Gasteiger partial charge in [-0.25, -0.2) is 4.79 Å². The van der Waals surface area contributed by atoms with Crippen molar-refractivity contribution in [1.82, 2.24) is 5.16 Å². The van der Waals surface area contributed by atoms with Gasteiger partial charge in [0.2, 0.25) is 5.88 Å². The second-order valence-electron chi connectivity index (χ2n) is 2.07. The van der Waals surface area contributed by atoms with E-state index in [1.807, 2.05) is 0 Å². The van der Waals surface area contributed by atoms with Crippen LogP contribution < -0.4 is 10.4 Å². The van der Waals surface area contributed by atoms with E-state index in [0.29, 0.717) is 5.95 Å². The summed E-state index contributed by atoms with van der Waals surface area (Å²) >= 11 is 0. The van der Waals surface area contributed by atoms with Crippen LogP contribution in [0.15, 0.2) is 38.2 Å².